The van der Waals surface area contributed by atoms with Crippen LogP contribution in [0.25, 0.3) is 0 Å². The van der Waals surface area contributed by atoms with Gasteiger partial charge in [0, 0.05) is 56.0 Å². The van der Waals surface area contributed by atoms with E-state index in [2.05, 4.69) is 44.3 Å². The average Bonchev–Trinajstić information content (AvgIpc) is 2.89. The molecule has 2 aromatic rings. The standard InChI is InChI=1S/C28H37ClN4O2/c1-35-24-10-7-22-17-25(28(34)30-11-14-31-12-3-2-4-13-31)27-20-32(15-16-33(27)26(22)18-24)19-21-5-8-23(29)9-6-21/h5-10,18,25,27H,2-4,11-17,19-20H2,1H3,(H,30,34)/t25-,27-/m1/s1. The Morgan fingerprint density at radius 3 is 2.60 bits per heavy atom. The number of benzene rings is 2. The number of piperazine rings is 1. The molecular weight excluding hydrogens is 460 g/mol. The normalized spacial score (nSPS) is 22.9. The molecule has 0 saturated carbocycles. The molecule has 2 atom stereocenters. The Morgan fingerprint density at radius 2 is 1.83 bits per heavy atom. The molecule has 0 radical (unpaired) electrons. The molecule has 2 aromatic carbocycles. The second-order valence-corrected chi connectivity index (χ2v) is 10.6. The molecule has 0 bridgehead atoms. The third kappa shape index (κ3) is 5.76. The molecule has 5 rings (SSSR count). The van der Waals surface area contributed by atoms with Crippen molar-refractivity contribution in [1.29, 1.82) is 0 Å². The fourth-order valence-corrected chi connectivity index (χ4v) is 6.03. The number of hydrogen-bond acceptors (Lipinski definition) is 5. The summed E-state index contributed by atoms with van der Waals surface area (Å²) in [6.07, 6.45) is 4.65. The second-order valence-electron chi connectivity index (χ2n) is 10.1. The van der Waals surface area contributed by atoms with Crippen molar-refractivity contribution in [2.75, 3.05) is 57.8 Å². The molecular formula is C28H37ClN4O2. The van der Waals surface area contributed by atoms with Crippen molar-refractivity contribution in [2.45, 2.75) is 38.3 Å². The number of amides is 1. The second kappa shape index (κ2) is 11.2. The lowest BCUT2D eigenvalue weighted by Crippen LogP contribution is -2.61. The summed E-state index contributed by atoms with van der Waals surface area (Å²) in [4.78, 5) is 20.9. The van der Waals surface area contributed by atoms with E-state index in [1.54, 1.807) is 7.11 Å². The molecule has 2 fully saturated rings. The summed E-state index contributed by atoms with van der Waals surface area (Å²) in [6.45, 7) is 7.58. The number of likely N-dealkylation sites (tertiary alicyclic amines) is 1. The average molecular weight is 497 g/mol. The van der Waals surface area contributed by atoms with E-state index in [0.717, 1.165) is 69.6 Å². The summed E-state index contributed by atoms with van der Waals surface area (Å²) in [5.41, 5.74) is 3.71. The molecule has 3 aliphatic heterocycles. The summed E-state index contributed by atoms with van der Waals surface area (Å²) in [5.74, 6) is 0.993. The highest BCUT2D eigenvalue weighted by Gasteiger charge is 2.41. The van der Waals surface area contributed by atoms with E-state index in [4.69, 9.17) is 16.3 Å². The van der Waals surface area contributed by atoms with Crippen molar-refractivity contribution in [1.82, 2.24) is 15.1 Å². The minimum absolute atomic E-state index is 0.0646. The molecule has 35 heavy (non-hydrogen) atoms. The van der Waals surface area contributed by atoms with Crippen LogP contribution < -0.4 is 15.0 Å². The van der Waals surface area contributed by atoms with Crippen LogP contribution in [-0.4, -0.2) is 74.7 Å². The van der Waals surface area contributed by atoms with Crippen LogP contribution in [0.4, 0.5) is 5.69 Å². The molecule has 188 valence electrons. The molecule has 1 N–H and O–H groups in total. The molecule has 2 saturated heterocycles. The Morgan fingerprint density at radius 1 is 1.03 bits per heavy atom. The highest BCUT2D eigenvalue weighted by Crippen LogP contribution is 2.38. The number of methoxy groups -OCH3 is 1. The molecule has 0 aromatic heterocycles. The van der Waals surface area contributed by atoms with E-state index in [-0.39, 0.29) is 17.9 Å². The van der Waals surface area contributed by atoms with Gasteiger partial charge in [0.25, 0.3) is 0 Å². The largest absolute Gasteiger partial charge is 0.497 e. The van der Waals surface area contributed by atoms with Crippen LogP contribution in [0.3, 0.4) is 0 Å². The van der Waals surface area contributed by atoms with Gasteiger partial charge in [-0.15, -0.1) is 0 Å². The minimum atomic E-state index is -0.0646. The van der Waals surface area contributed by atoms with Crippen molar-refractivity contribution in [3.05, 3.63) is 58.6 Å². The van der Waals surface area contributed by atoms with Gasteiger partial charge in [0.05, 0.1) is 19.1 Å². The predicted octanol–water partition coefficient (Wildman–Crippen LogP) is 3.81. The predicted molar refractivity (Wildman–Crippen MR) is 141 cm³/mol. The summed E-state index contributed by atoms with van der Waals surface area (Å²) >= 11 is 6.09. The summed E-state index contributed by atoms with van der Waals surface area (Å²) in [6, 6.07) is 14.5. The molecule has 3 aliphatic rings. The van der Waals surface area contributed by atoms with Gasteiger partial charge >= 0.3 is 0 Å². The van der Waals surface area contributed by atoms with Crippen molar-refractivity contribution < 1.29 is 9.53 Å². The van der Waals surface area contributed by atoms with Gasteiger partial charge in [-0.3, -0.25) is 9.69 Å². The van der Waals surface area contributed by atoms with Crippen molar-refractivity contribution >= 4 is 23.2 Å². The van der Waals surface area contributed by atoms with Gasteiger partial charge in [-0.25, -0.2) is 0 Å². The number of nitrogens with zero attached hydrogens (tertiary/aromatic N) is 3. The number of piperidine rings is 1. The SMILES string of the molecule is COc1ccc2c(c1)N1CCN(Cc3ccc(Cl)cc3)C[C@@H]1[C@H](C(=O)NCCN1CCCCC1)C2. The van der Waals surface area contributed by atoms with Gasteiger partial charge in [-0.2, -0.15) is 0 Å². The fraction of sp³-hybridized carbons (Fsp3) is 0.536. The maximum absolute atomic E-state index is 13.5. The van der Waals surface area contributed by atoms with E-state index in [9.17, 15) is 4.79 Å². The quantitative estimate of drug-likeness (QED) is 0.631. The highest BCUT2D eigenvalue weighted by atomic mass is 35.5. The van der Waals surface area contributed by atoms with Gasteiger partial charge in [-0.1, -0.05) is 36.2 Å². The third-order valence-electron chi connectivity index (χ3n) is 7.84. The lowest BCUT2D eigenvalue weighted by atomic mass is 9.83. The maximum Gasteiger partial charge on any atom is 0.225 e. The van der Waals surface area contributed by atoms with E-state index in [1.165, 1.54) is 36.1 Å². The van der Waals surface area contributed by atoms with Crippen LogP contribution in [0.2, 0.25) is 5.02 Å². The highest BCUT2D eigenvalue weighted by molar-refractivity contribution is 6.30. The molecule has 6 nitrogen and oxygen atoms in total. The summed E-state index contributed by atoms with van der Waals surface area (Å²) < 4.78 is 5.52. The Labute approximate surface area is 214 Å². The Kier molecular flexibility index (Phi) is 7.81. The number of hydrogen-bond donors (Lipinski definition) is 1. The first kappa shape index (κ1) is 24.4. The first-order valence-electron chi connectivity index (χ1n) is 13.0. The number of ether oxygens (including phenoxy) is 1. The Balaban J connectivity index is 1.30. The van der Waals surface area contributed by atoms with Crippen molar-refractivity contribution in [3.63, 3.8) is 0 Å². The number of carbonyl (C=O) groups is 1. The first-order chi connectivity index (χ1) is 17.1. The van der Waals surface area contributed by atoms with Gasteiger partial charge in [0.1, 0.15) is 5.75 Å². The molecule has 0 unspecified atom stereocenters. The van der Waals surface area contributed by atoms with Crippen LogP contribution in [0.15, 0.2) is 42.5 Å². The Hall–Kier alpha value is -2.28. The summed E-state index contributed by atoms with van der Waals surface area (Å²) in [5, 5.41) is 4.05. The first-order valence-corrected chi connectivity index (χ1v) is 13.4. The van der Waals surface area contributed by atoms with E-state index in [1.807, 2.05) is 18.2 Å². The number of rotatable bonds is 7. The van der Waals surface area contributed by atoms with E-state index in [0.29, 0.717) is 0 Å². The molecule has 0 spiro atoms. The van der Waals surface area contributed by atoms with Crippen LogP contribution in [0.5, 0.6) is 5.75 Å². The smallest absolute Gasteiger partial charge is 0.225 e. The van der Waals surface area contributed by atoms with Gasteiger partial charge in [-0.05, 0) is 61.7 Å². The zero-order valence-corrected chi connectivity index (χ0v) is 21.5. The topological polar surface area (TPSA) is 48.1 Å². The monoisotopic (exact) mass is 496 g/mol. The number of anilines is 1. The molecule has 3 heterocycles. The van der Waals surface area contributed by atoms with Gasteiger partial charge < -0.3 is 19.9 Å². The van der Waals surface area contributed by atoms with Crippen molar-refractivity contribution in [3.8, 4) is 5.75 Å². The van der Waals surface area contributed by atoms with Crippen LogP contribution >= 0.6 is 11.6 Å². The zero-order valence-electron chi connectivity index (χ0n) is 20.7. The number of nitrogens with one attached hydrogen (secondary N) is 1. The van der Waals surface area contributed by atoms with Gasteiger partial charge in [0.15, 0.2) is 0 Å². The summed E-state index contributed by atoms with van der Waals surface area (Å²) in [7, 11) is 1.71. The van der Waals surface area contributed by atoms with Crippen LogP contribution in [0, 0.1) is 5.92 Å². The Bertz CT molecular complexity index is 1010. The van der Waals surface area contributed by atoms with Crippen LogP contribution in [-0.2, 0) is 17.8 Å². The molecule has 1 amide bonds. The molecule has 0 aliphatic carbocycles. The lowest BCUT2D eigenvalue weighted by molar-refractivity contribution is -0.126. The van der Waals surface area contributed by atoms with Crippen molar-refractivity contribution in [2.24, 2.45) is 5.92 Å². The number of carbonyl (C=O) groups excluding carboxylic acids is 1. The maximum atomic E-state index is 13.5. The zero-order chi connectivity index (χ0) is 24.2. The van der Waals surface area contributed by atoms with Gasteiger partial charge in [0.2, 0.25) is 5.91 Å². The lowest BCUT2D eigenvalue weighted by Gasteiger charge is -2.49. The number of fused-ring (bicyclic) bond motifs is 3. The number of halogens is 1. The molecule has 7 heteroatoms. The fourth-order valence-electron chi connectivity index (χ4n) is 5.91. The van der Waals surface area contributed by atoms with Crippen LogP contribution in [0.1, 0.15) is 30.4 Å². The van der Waals surface area contributed by atoms with E-state index >= 15 is 0 Å². The third-order valence-corrected chi connectivity index (χ3v) is 8.09. The minimum Gasteiger partial charge on any atom is -0.497 e. The van der Waals surface area contributed by atoms with E-state index < -0.39 is 0 Å².